The van der Waals surface area contributed by atoms with Crippen LogP contribution >= 0.6 is 11.3 Å². The van der Waals surface area contributed by atoms with Crippen molar-refractivity contribution in [1.82, 2.24) is 20.1 Å². The Morgan fingerprint density at radius 1 is 1.39 bits per heavy atom. The van der Waals surface area contributed by atoms with E-state index in [1.165, 1.54) is 4.88 Å². The van der Waals surface area contributed by atoms with Crippen molar-refractivity contribution in [3.63, 3.8) is 0 Å². The number of hydrogen-bond donors (Lipinski definition) is 1. The van der Waals surface area contributed by atoms with Crippen molar-refractivity contribution in [3.8, 4) is 0 Å². The summed E-state index contributed by atoms with van der Waals surface area (Å²) in [7, 11) is 1.82. The van der Waals surface area contributed by atoms with Gasteiger partial charge in [0.25, 0.3) is 5.91 Å². The van der Waals surface area contributed by atoms with Gasteiger partial charge in [-0.2, -0.15) is 5.10 Å². The van der Waals surface area contributed by atoms with Crippen molar-refractivity contribution in [3.05, 3.63) is 33.0 Å². The quantitative estimate of drug-likeness (QED) is 0.792. The molecule has 2 aromatic heterocycles. The van der Waals surface area contributed by atoms with Gasteiger partial charge >= 0.3 is 0 Å². The van der Waals surface area contributed by atoms with E-state index in [0.29, 0.717) is 18.2 Å². The van der Waals surface area contributed by atoms with Gasteiger partial charge < -0.3 is 5.32 Å². The first-order valence-electron chi connectivity index (χ1n) is 8.10. The molecule has 0 bridgehead atoms. The summed E-state index contributed by atoms with van der Waals surface area (Å²) in [6.07, 6.45) is 2.70. The minimum atomic E-state index is -0.0542. The van der Waals surface area contributed by atoms with E-state index in [1.807, 2.05) is 20.0 Å². The summed E-state index contributed by atoms with van der Waals surface area (Å²) in [6.45, 7) is 9.08. The molecule has 0 radical (unpaired) electrons. The average molecular weight is 334 g/mol. The molecule has 0 spiro atoms. The van der Waals surface area contributed by atoms with Gasteiger partial charge in [0, 0.05) is 24.9 Å². The fraction of sp³-hybridized carbons (Fsp3) is 0.588. The van der Waals surface area contributed by atoms with Crippen molar-refractivity contribution in [2.75, 3.05) is 6.54 Å². The molecule has 126 valence electrons. The van der Waals surface area contributed by atoms with E-state index in [1.54, 1.807) is 16.0 Å². The molecule has 0 aliphatic carbocycles. The molecule has 0 aromatic carbocycles. The fourth-order valence-electron chi connectivity index (χ4n) is 2.44. The lowest BCUT2D eigenvalue weighted by atomic mass is 10.1. The monoisotopic (exact) mass is 334 g/mol. The highest BCUT2D eigenvalue weighted by atomic mass is 32.1. The number of aromatic nitrogens is 3. The Kier molecular flexibility index (Phi) is 5.93. The molecular weight excluding hydrogens is 308 g/mol. The second-order valence-corrected chi connectivity index (χ2v) is 7.64. The van der Waals surface area contributed by atoms with Crippen LogP contribution in [0.25, 0.3) is 0 Å². The molecule has 0 fully saturated rings. The number of amides is 1. The lowest BCUT2D eigenvalue weighted by molar-refractivity contribution is 0.0944. The van der Waals surface area contributed by atoms with E-state index in [9.17, 15) is 4.79 Å². The maximum Gasteiger partial charge on any atom is 0.269 e. The van der Waals surface area contributed by atoms with Gasteiger partial charge in [0.1, 0.15) is 5.69 Å². The predicted octanol–water partition coefficient (Wildman–Crippen LogP) is 3.05. The number of carbonyl (C=O) groups is 1. The molecule has 1 N–H and O–H groups in total. The van der Waals surface area contributed by atoms with Crippen LogP contribution in [0.4, 0.5) is 0 Å². The maximum absolute atomic E-state index is 12.2. The Hall–Kier alpha value is -1.69. The summed E-state index contributed by atoms with van der Waals surface area (Å²) in [4.78, 5) is 18.0. The first-order chi connectivity index (χ1) is 10.9. The third kappa shape index (κ3) is 4.89. The molecule has 5 nitrogen and oxygen atoms in total. The summed E-state index contributed by atoms with van der Waals surface area (Å²) in [5.41, 5.74) is 2.71. The predicted molar refractivity (Wildman–Crippen MR) is 94.0 cm³/mol. The van der Waals surface area contributed by atoms with Crippen LogP contribution in [0, 0.1) is 19.8 Å². The van der Waals surface area contributed by atoms with Crippen LogP contribution in [0.15, 0.2) is 6.07 Å². The van der Waals surface area contributed by atoms with Gasteiger partial charge in [0.05, 0.1) is 16.4 Å². The highest BCUT2D eigenvalue weighted by Crippen LogP contribution is 2.17. The normalized spacial score (nSPS) is 11.2. The number of nitrogens with zero attached hydrogens (tertiary/aromatic N) is 3. The van der Waals surface area contributed by atoms with Crippen LogP contribution in [0.3, 0.4) is 0 Å². The Morgan fingerprint density at radius 2 is 2.13 bits per heavy atom. The molecule has 0 aliphatic rings. The third-order valence-electron chi connectivity index (χ3n) is 3.71. The number of nitrogens with one attached hydrogen (secondary N) is 1. The standard InChI is InChI=1S/C17H26N4OS/c1-11(2)9-14-10-15(21(5)20-14)17(22)18-8-6-7-16-19-12(3)13(4)23-16/h10-11H,6-9H2,1-5H3,(H,18,22). The van der Waals surface area contributed by atoms with Crippen LogP contribution in [0.2, 0.25) is 0 Å². The molecule has 2 heterocycles. The second-order valence-electron chi connectivity index (χ2n) is 6.35. The molecule has 1 amide bonds. The largest absolute Gasteiger partial charge is 0.351 e. The van der Waals surface area contributed by atoms with Crippen LogP contribution in [-0.4, -0.2) is 27.2 Å². The molecule has 0 aliphatic heterocycles. The highest BCUT2D eigenvalue weighted by molar-refractivity contribution is 7.11. The molecule has 0 saturated carbocycles. The zero-order chi connectivity index (χ0) is 17.0. The van der Waals surface area contributed by atoms with Crippen LogP contribution < -0.4 is 5.32 Å². The number of carbonyl (C=O) groups excluding carboxylic acids is 1. The third-order valence-corrected chi connectivity index (χ3v) is 4.84. The van der Waals surface area contributed by atoms with Crippen LogP contribution in [0.5, 0.6) is 0 Å². The van der Waals surface area contributed by atoms with E-state index in [0.717, 1.165) is 35.7 Å². The van der Waals surface area contributed by atoms with Crippen molar-refractivity contribution in [2.24, 2.45) is 13.0 Å². The van der Waals surface area contributed by atoms with Crippen LogP contribution in [-0.2, 0) is 19.9 Å². The summed E-state index contributed by atoms with van der Waals surface area (Å²) in [5.74, 6) is 0.479. The topological polar surface area (TPSA) is 59.8 Å². The SMILES string of the molecule is Cc1nc(CCCNC(=O)c2cc(CC(C)C)nn2C)sc1C. The summed E-state index contributed by atoms with van der Waals surface area (Å²) >= 11 is 1.74. The van der Waals surface area contributed by atoms with Gasteiger partial charge in [0.2, 0.25) is 0 Å². The molecule has 0 atom stereocenters. The fourth-order valence-corrected chi connectivity index (χ4v) is 3.41. The zero-order valence-electron chi connectivity index (χ0n) is 14.6. The summed E-state index contributed by atoms with van der Waals surface area (Å²) < 4.78 is 1.67. The van der Waals surface area contributed by atoms with Crippen molar-refractivity contribution >= 4 is 17.2 Å². The first-order valence-corrected chi connectivity index (χ1v) is 8.92. The van der Waals surface area contributed by atoms with Gasteiger partial charge in [-0.3, -0.25) is 9.48 Å². The molecular formula is C17H26N4OS. The smallest absolute Gasteiger partial charge is 0.269 e. The van der Waals surface area contributed by atoms with E-state index in [2.05, 4.69) is 36.2 Å². The molecule has 23 heavy (non-hydrogen) atoms. The molecule has 2 aromatic rings. The van der Waals surface area contributed by atoms with E-state index >= 15 is 0 Å². The Labute approximate surface area is 142 Å². The lowest BCUT2D eigenvalue weighted by Crippen LogP contribution is -2.26. The van der Waals surface area contributed by atoms with E-state index in [-0.39, 0.29) is 5.91 Å². The molecule has 6 heteroatoms. The minimum absolute atomic E-state index is 0.0542. The van der Waals surface area contributed by atoms with Gasteiger partial charge in [-0.05, 0) is 38.7 Å². The Balaban J connectivity index is 1.81. The molecule has 2 rings (SSSR count). The Morgan fingerprint density at radius 3 is 2.74 bits per heavy atom. The number of rotatable bonds is 7. The summed E-state index contributed by atoms with van der Waals surface area (Å²) in [5, 5.41) is 8.53. The van der Waals surface area contributed by atoms with Crippen molar-refractivity contribution < 1.29 is 4.79 Å². The minimum Gasteiger partial charge on any atom is -0.351 e. The van der Waals surface area contributed by atoms with Gasteiger partial charge in [0.15, 0.2) is 0 Å². The second kappa shape index (κ2) is 7.73. The van der Waals surface area contributed by atoms with Crippen molar-refractivity contribution in [1.29, 1.82) is 0 Å². The van der Waals surface area contributed by atoms with E-state index < -0.39 is 0 Å². The van der Waals surface area contributed by atoms with Gasteiger partial charge in [-0.25, -0.2) is 4.98 Å². The average Bonchev–Trinajstić information content (AvgIpc) is 2.97. The molecule has 0 saturated heterocycles. The first kappa shape index (κ1) is 17.7. The Bertz CT molecular complexity index is 653. The number of aryl methyl sites for hydroxylation is 4. The number of hydrogen-bond acceptors (Lipinski definition) is 4. The van der Waals surface area contributed by atoms with Crippen molar-refractivity contribution in [2.45, 2.75) is 47.0 Å². The van der Waals surface area contributed by atoms with Gasteiger partial charge in [-0.15, -0.1) is 11.3 Å². The van der Waals surface area contributed by atoms with Gasteiger partial charge in [-0.1, -0.05) is 13.8 Å². The zero-order valence-corrected chi connectivity index (χ0v) is 15.5. The molecule has 0 unspecified atom stereocenters. The summed E-state index contributed by atoms with van der Waals surface area (Å²) in [6, 6.07) is 1.89. The number of thiazole rings is 1. The van der Waals surface area contributed by atoms with E-state index in [4.69, 9.17) is 0 Å². The lowest BCUT2D eigenvalue weighted by Gasteiger charge is -2.04. The maximum atomic E-state index is 12.2. The van der Waals surface area contributed by atoms with Crippen LogP contribution in [0.1, 0.15) is 52.0 Å². The highest BCUT2D eigenvalue weighted by Gasteiger charge is 2.13.